The van der Waals surface area contributed by atoms with Gasteiger partial charge in [-0.15, -0.1) is 0 Å². The van der Waals surface area contributed by atoms with Crippen molar-refractivity contribution in [3.63, 3.8) is 0 Å². The molecule has 0 radical (unpaired) electrons. The quantitative estimate of drug-likeness (QED) is 0.767. The van der Waals surface area contributed by atoms with Crippen LogP contribution in [0.4, 0.5) is 0 Å². The van der Waals surface area contributed by atoms with Crippen molar-refractivity contribution >= 4 is 12.3 Å². The van der Waals surface area contributed by atoms with E-state index in [1.165, 1.54) is 0 Å². The van der Waals surface area contributed by atoms with E-state index >= 15 is 0 Å². The van der Waals surface area contributed by atoms with Crippen molar-refractivity contribution in [1.82, 2.24) is 0 Å². The van der Waals surface area contributed by atoms with Gasteiger partial charge in [-0.3, -0.25) is 9.59 Å². The minimum absolute atomic E-state index is 0.394. The van der Waals surface area contributed by atoms with Crippen LogP contribution in [0.3, 0.4) is 0 Å². The van der Waals surface area contributed by atoms with Crippen molar-refractivity contribution < 1.29 is 14.7 Å². The Morgan fingerprint density at radius 1 is 1.53 bits per heavy atom. The first-order chi connectivity index (χ1) is 7.04. The van der Waals surface area contributed by atoms with Crippen molar-refractivity contribution in [3.05, 3.63) is 34.9 Å². The summed E-state index contributed by atoms with van der Waals surface area (Å²) in [6.45, 7) is 3.56. The number of carbonyl (C=O) groups excluding carboxylic acids is 1. The Labute approximate surface area is 88.7 Å². The zero-order chi connectivity index (χ0) is 11.4. The number of carboxylic acid groups (broad SMARTS) is 1. The predicted octanol–water partition coefficient (Wildman–Crippen LogP) is 2.07. The molecule has 0 saturated carbocycles. The molecule has 1 unspecified atom stereocenters. The molecule has 80 valence electrons. The Balaban J connectivity index is 2.96. The van der Waals surface area contributed by atoms with E-state index in [9.17, 15) is 9.59 Å². The Bertz CT molecular complexity index is 382. The van der Waals surface area contributed by atoms with Crippen LogP contribution in [0, 0.1) is 12.8 Å². The summed E-state index contributed by atoms with van der Waals surface area (Å²) >= 11 is 0. The van der Waals surface area contributed by atoms with Crippen molar-refractivity contribution in [3.8, 4) is 0 Å². The van der Waals surface area contributed by atoms with Crippen LogP contribution in [0.25, 0.3) is 0 Å². The van der Waals surface area contributed by atoms with Crippen LogP contribution in [0.2, 0.25) is 0 Å². The van der Waals surface area contributed by atoms with Crippen LogP contribution in [0.5, 0.6) is 0 Å². The molecule has 0 heterocycles. The lowest BCUT2D eigenvalue weighted by Gasteiger charge is -2.09. The summed E-state index contributed by atoms with van der Waals surface area (Å²) in [5.74, 6) is -1.31. The van der Waals surface area contributed by atoms with Gasteiger partial charge in [0.15, 0.2) is 0 Å². The molecule has 15 heavy (non-hydrogen) atoms. The predicted molar refractivity (Wildman–Crippen MR) is 57.1 cm³/mol. The molecule has 0 aliphatic heterocycles. The van der Waals surface area contributed by atoms with Gasteiger partial charge in [-0.05, 0) is 18.9 Å². The first-order valence-corrected chi connectivity index (χ1v) is 4.82. The van der Waals surface area contributed by atoms with Gasteiger partial charge in [0.1, 0.15) is 6.29 Å². The molecule has 0 amide bonds. The third-order valence-corrected chi connectivity index (χ3v) is 2.37. The molecule has 1 aromatic rings. The number of carboxylic acids is 1. The Morgan fingerprint density at radius 3 is 2.73 bits per heavy atom. The number of hydrogen-bond acceptors (Lipinski definition) is 2. The van der Waals surface area contributed by atoms with Gasteiger partial charge < -0.3 is 5.11 Å². The molecule has 1 atom stereocenters. The highest BCUT2D eigenvalue weighted by Gasteiger charge is 2.13. The summed E-state index contributed by atoms with van der Waals surface area (Å²) in [5, 5.41) is 8.79. The molecule has 3 heteroatoms. The maximum atomic E-state index is 10.7. The number of benzene rings is 1. The smallest absolute Gasteiger partial charge is 0.306 e. The topological polar surface area (TPSA) is 54.4 Å². The van der Waals surface area contributed by atoms with E-state index in [1.807, 2.05) is 19.1 Å². The molecule has 0 bridgehead atoms. The average molecular weight is 206 g/mol. The largest absolute Gasteiger partial charge is 0.481 e. The van der Waals surface area contributed by atoms with E-state index in [4.69, 9.17) is 5.11 Å². The molecule has 0 aliphatic carbocycles. The maximum Gasteiger partial charge on any atom is 0.306 e. The van der Waals surface area contributed by atoms with Gasteiger partial charge in [0.2, 0.25) is 0 Å². The molecule has 1 N–H and O–H groups in total. The van der Waals surface area contributed by atoms with Crippen LogP contribution < -0.4 is 0 Å². The van der Waals surface area contributed by atoms with Gasteiger partial charge in [0, 0.05) is 5.56 Å². The van der Waals surface area contributed by atoms with Crippen molar-refractivity contribution in [2.45, 2.75) is 20.3 Å². The lowest BCUT2D eigenvalue weighted by molar-refractivity contribution is -0.141. The molecular formula is C12H14O3. The third kappa shape index (κ3) is 2.91. The fourth-order valence-corrected chi connectivity index (χ4v) is 1.44. The zero-order valence-electron chi connectivity index (χ0n) is 8.86. The highest BCUT2D eigenvalue weighted by Crippen LogP contribution is 2.15. The summed E-state index contributed by atoms with van der Waals surface area (Å²) in [4.78, 5) is 21.4. The Morgan fingerprint density at radius 2 is 2.20 bits per heavy atom. The second-order valence-corrected chi connectivity index (χ2v) is 3.76. The van der Waals surface area contributed by atoms with E-state index in [-0.39, 0.29) is 0 Å². The molecule has 3 nitrogen and oxygen atoms in total. The Kier molecular flexibility index (Phi) is 3.61. The van der Waals surface area contributed by atoms with Gasteiger partial charge >= 0.3 is 5.97 Å². The number of hydrogen-bond donors (Lipinski definition) is 1. The van der Waals surface area contributed by atoms with Crippen LogP contribution in [0.15, 0.2) is 18.2 Å². The fraction of sp³-hybridized carbons (Fsp3) is 0.333. The summed E-state index contributed by atoms with van der Waals surface area (Å²) in [6.07, 6.45) is 1.16. The molecule has 0 spiro atoms. The van der Waals surface area contributed by atoms with Crippen molar-refractivity contribution in [1.29, 1.82) is 0 Å². The average Bonchev–Trinajstić information content (AvgIpc) is 2.18. The summed E-state index contributed by atoms with van der Waals surface area (Å²) in [7, 11) is 0. The molecule has 1 aromatic carbocycles. The number of aliphatic carboxylic acids is 1. The molecule has 1 rings (SSSR count). The normalized spacial score (nSPS) is 12.1. The lowest BCUT2D eigenvalue weighted by atomic mass is 9.96. The number of aryl methyl sites for hydroxylation is 1. The van der Waals surface area contributed by atoms with Gasteiger partial charge in [0.05, 0.1) is 5.92 Å². The molecule has 0 saturated heterocycles. The highest BCUT2D eigenvalue weighted by atomic mass is 16.4. The fourth-order valence-electron chi connectivity index (χ4n) is 1.44. The minimum Gasteiger partial charge on any atom is -0.481 e. The first kappa shape index (κ1) is 11.4. The summed E-state index contributed by atoms with van der Waals surface area (Å²) in [6, 6.07) is 5.44. The Hall–Kier alpha value is -1.64. The maximum absolute atomic E-state index is 10.7. The van der Waals surface area contributed by atoms with E-state index in [2.05, 4.69) is 0 Å². The van der Waals surface area contributed by atoms with Gasteiger partial charge in [0.25, 0.3) is 0 Å². The van der Waals surface area contributed by atoms with E-state index in [0.29, 0.717) is 12.0 Å². The molecule has 0 fully saturated rings. The van der Waals surface area contributed by atoms with Crippen LogP contribution in [-0.2, 0) is 11.2 Å². The van der Waals surface area contributed by atoms with E-state index < -0.39 is 11.9 Å². The second kappa shape index (κ2) is 4.73. The minimum atomic E-state index is -0.839. The van der Waals surface area contributed by atoms with Crippen molar-refractivity contribution in [2.24, 2.45) is 5.92 Å². The van der Waals surface area contributed by atoms with Crippen LogP contribution in [0.1, 0.15) is 28.4 Å². The second-order valence-electron chi connectivity index (χ2n) is 3.76. The van der Waals surface area contributed by atoms with E-state index in [0.717, 1.165) is 17.4 Å². The number of rotatable bonds is 4. The zero-order valence-corrected chi connectivity index (χ0v) is 8.86. The van der Waals surface area contributed by atoms with Crippen LogP contribution in [-0.4, -0.2) is 17.4 Å². The van der Waals surface area contributed by atoms with Gasteiger partial charge in [-0.2, -0.15) is 0 Å². The molecule has 0 aliphatic rings. The van der Waals surface area contributed by atoms with Gasteiger partial charge in [-0.1, -0.05) is 30.7 Å². The van der Waals surface area contributed by atoms with E-state index in [1.54, 1.807) is 13.0 Å². The highest BCUT2D eigenvalue weighted by molar-refractivity contribution is 5.78. The summed E-state index contributed by atoms with van der Waals surface area (Å²) in [5.41, 5.74) is 2.42. The standard InChI is InChI=1S/C12H14O3/c1-8-3-4-10(7-13)11(5-8)6-9(2)12(14)15/h3-5,7,9H,6H2,1-2H3,(H,14,15). The third-order valence-electron chi connectivity index (χ3n) is 2.37. The monoisotopic (exact) mass is 206 g/mol. The lowest BCUT2D eigenvalue weighted by Crippen LogP contribution is -2.13. The number of aldehydes is 1. The summed E-state index contributed by atoms with van der Waals surface area (Å²) < 4.78 is 0. The number of carbonyl (C=O) groups is 2. The SMILES string of the molecule is Cc1ccc(C=O)c(CC(C)C(=O)O)c1. The first-order valence-electron chi connectivity index (χ1n) is 4.82. The molecular weight excluding hydrogens is 192 g/mol. The van der Waals surface area contributed by atoms with Gasteiger partial charge in [-0.25, -0.2) is 0 Å². The van der Waals surface area contributed by atoms with Crippen molar-refractivity contribution in [2.75, 3.05) is 0 Å². The van der Waals surface area contributed by atoms with Crippen LogP contribution >= 0.6 is 0 Å². The molecule has 0 aromatic heterocycles.